The van der Waals surface area contributed by atoms with E-state index < -0.39 is 11.9 Å². The summed E-state index contributed by atoms with van der Waals surface area (Å²) in [6.45, 7) is 2.63. The number of pyridine rings is 1. The second-order valence-electron chi connectivity index (χ2n) is 7.38. The summed E-state index contributed by atoms with van der Waals surface area (Å²) in [6, 6.07) is 6.03. The first kappa shape index (κ1) is 21.5. The van der Waals surface area contributed by atoms with E-state index in [1.165, 1.54) is 12.3 Å². The maximum Gasteiger partial charge on any atom is 0.433 e. The van der Waals surface area contributed by atoms with E-state index in [-0.39, 0.29) is 6.61 Å². The van der Waals surface area contributed by atoms with Gasteiger partial charge in [-0.1, -0.05) is 6.07 Å². The number of benzene rings is 1. The first-order chi connectivity index (χ1) is 15.2. The molecule has 10 heteroatoms. The number of methoxy groups -OCH3 is 1. The molecular formula is C22H22F3N5O2. The fourth-order valence-corrected chi connectivity index (χ4v) is 3.37. The van der Waals surface area contributed by atoms with E-state index >= 15 is 0 Å². The summed E-state index contributed by atoms with van der Waals surface area (Å²) in [6.07, 6.45) is 4.35. The van der Waals surface area contributed by atoms with Gasteiger partial charge in [-0.05, 0) is 24.6 Å². The molecular weight excluding hydrogens is 423 g/mol. The van der Waals surface area contributed by atoms with Gasteiger partial charge in [-0.15, -0.1) is 0 Å². The molecule has 168 valence electrons. The zero-order chi connectivity index (χ0) is 22.9. The zero-order valence-electron chi connectivity index (χ0n) is 17.8. The Bertz CT molecular complexity index is 1130. The quantitative estimate of drug-likeness (QED) is 0.558. The minimum Gasteiger partial charge on any atom is -0.493 e. The molecule has 0 amide bonds. The Balaban J connectivity index is 1.51. The largest absolute Gasteiger partial charge is 0.493 e. The second kappa shape index (κ2) is 8.45. The summed E-state index contributed by atoms with van der Waals surface area (Å²) in [5.74, 6) is 1.03. The predicted octanol–water partition coefficient (Wildman–Crippen LogP) is 4.49. The van der Waals surface area contributed by atoms with E-state index in [9.17, 15) is 13.2 Å². The third-order valence-electron chi connectivity index (χ3n) is 5.06. The highest BCUT2D eigenvalue weighted by molar-refractivity contribution is 5.66. The van der Waals surface area contributed by atoms with Gasteiger partial charge in [-0.25, -0.2) is 0 Å². The SMILES string of the molecule is COc1cc(C)c(N2C=CN(c3cnn(C)c3)C2)cc1OCc1ccc(C(F)(F)F)nc1. The van der Waals surface area contributed by atoms with Crippen LogP contribution in [0.2, 0.25) is 0 Å². The minimum absolute atomic E-state index is 0.0572. The molecule has 1 aliphatic rings. The summed E-state index contributed by atoms with van der Waals surface area (Å²) in [7, 11) is 3.41. The monoisotopic (exact) mass is 445 g/mol. The van der Waals surface area contributed by atoms with Gasteiger partial charge in [0, 0.05) is 49.2 Å². The molecule has 4 rings (SSSR count). The van der Waals surface area contributed by atoms with Gasteiger partial charge in [0.05, 0.1) is 25.7 Å². The molecule has 3 heterocycles. The highest BCUT2D eigenvalue weighted by Gasteiger charge is 2.32. The van der Waals surface area contributed by atoms with Gasteiger partial charge in [0.2, 0.25) is 0 Å². The van der Waals surface area contributed by atoms with Crippen molar-refractivity contribution in [2.24, 2.45) is 7.05 Å². The Morgan fingerprint density at radius 2 is 1.84 bits per heavy atom. The number of hydrogen-bond donors (Lipinski definition) is 0. The lowest BCUT2D eigenvalue weighted by Gasteiger charge is -2.23. The van der Waals surface area contributed by atoms with Crippen molar-refractivity contribution in [2.45, 2.75) is 19.7 Å². The fraction of sp³-hybridized carbons (Fsp3) is 0.273. The number of aromatic nitrogens is 3. The molecule has 0 radical (unpaired) electrons. The molecule has 0 fully saturated rings. The lowest BCUT2D eigenvalue weighted by molar-refractivity contribution is -0.141. The molecule has 7 nitrogen and oxygen atoms in total. The van der Waals surface area contributed by atoms with E-state index in [0.29, 0.717) is 23.7 Å². The van der Waals surface area contributed by atoms with E-state index in [2.05, 4.69) is 19.9 Å². The highest BCUT2D eigenvalue weighted by Crippen LogP contribution is 2.37. The van der Waals surface area contributed by atoms with Gasteiger partial charge in [-0.3, -0.25) is 9.67 Å². The van der Waals surface area contributed by atoms with Crippen molar-refractivity contribution in [3.05, 3.63) is 72.1 Å². The van der Waals surface area contributed by atoms with Crippen LogP contribution < -0.4 is 19.3 Å². The molecule has 0 aliphatic carbocycles. The van der Waals surface area contributed by atoms with Crippen LogP contribution in [0.3, 0.4) is 0 Å². The van der Waals surface area contributed by atoms with Gasteiger partial charge in [0.1, 0.15) is 12.3 Å². The molecule has 1 aliphatic heterocycles. The van der Waals surface area contributed by atoms with Crippen molar-refractivity contribution in [1.82, 2.24) is 14.8 Å². The van der Waals surface area contributed by atoms with Crippen molar-refractivity contribution in [2.75, 3.05) is 23.6 Å². The van der Waals surface area contributed by atoms with Gasteiger partial charge in [0.25, 0.3) is 0 Å². The third kappa shape index (κ3) is 4.48. The molecule has 32 heavy (non-hydrogen) atoms. The number of aryl methyl sites for hydroxylation is 2. The van der Waals surface area contributed by atoms with Gasteiger partial charge >= 0.3 is 6.18 Å². The zero-order valence-corrected chi connectivity index (χ0v) is 17.8. The van der Waals surface area contributed by atoms with Crippen LogP contribution in [0.25, 0.3) is 0 Å². The van der Waals surface area contributed by atoms with Crippen molar-refractivity contribution in [3.63, 3.8) is 0 Å². The van der Waals surface area contributed by atoms with Crippen LogP contribution >= 0.6 is 0 Å². The molecule has 0 saturated carbocycles. The van der Waals surface area contributed by atoms with Crippen LogP contribution in [0.5, 0.6) is 11.5 Å². The molecule has 0 saturated heterocycles. The average Bonchev–Trinajstić information content (AvgIpc) is 3.41. The Morgan fingerprint density at radius 1 is 1.06 bits per heavy atom. The number of alkyl halides is 3. The summed E-state index contributed by atoms with van der Waals surface area (Å²) in [5.41, 5.74) is 2.47. The van der Waals surface area contributed by atoms with E-state index in [4.69, 9.17) is 9.47 Å². The summed E-state index contributed by atoms with van der Waals surface area (Å²) >= 11 is 0. The first-order valence-corrected chi connectivity index (χ1v) is 9.78. The highest BCUT2D eigenvalue weighted by atomic mass is 19.4. The van der Waals surface area contributed by atoms with Crippen molar-refractivity contribution >= 4 is 11.4 Å². The Kier molecular flexibility index (Phi) is 5.68. The maximum absolute atomic E-state index is 12.7. The lowest BCUT2D eigenvalue weighted by atomic mass is 10.1. The van der Waals surface area contributed by atoms with Gasteiger partial charge < -0.3 is 19.3 Å². The topological polar surface area (TPSA) is 55.7 Å². The minimum atomic E-state index is -4.47. The van der Waals surface area contributed by atoms with Crippen molar-refractivity contribution < 1.29 is 22.6 Å². The predicted molar refractivity (Wildman–Crippen MR) is 113 cm³/mol. The molecule has 0 spiro atoms. The molecule has 3 aromatic rings. The van der Waals surface area contributed by atoms with Crippen LogP contribution in [0, 0.1) is 6.92 Å². The van der Waals surface area contributed by atoms with Crippen molar-refractivity contribution in [3.8, 4) is 11.5 Å². The fourth-order valence-electron chi connectivity index (χ4n) is 3.37. The first-order valence-electron chi connectivity index (χ1n) is 9.78. The van der Waals surface area contributed by atoms with Crippen LogP contribution in [-0.2, 0) is 19.8 Å². The normalized spacial score (nSPS) is 13.7. The molecule has 2 aromatic heterocycles. The number of nitrogens with zero attached hydrogens (tertiary/aromatic N) is 5. The summed E-state index contributed by atoms with van der Waals surface area (Å²) in [5, 5.41) is 4.20. The van der Waals surface area contributed by atoms with Crippen molar-refractivity contribution in [1.29, 1.82) is 0 Å². The van der Waals surface area contributed by atoms with E-state index in [1.807, 2.05) is 44.7 Å². The molecule has 0 N–H and O–H groups in total. The average molecular weight is 445 g/mol. The maximum atomic E-state index is 12.7. The molecule has 0 unspecified atom stereocenters. The van der Waals surface area contributed by atoms with E-state index in [0.717, 1.165) is 23.0 Å². The molecule has 1 aromatic carbocycles. The summed E-state index contributed by atoms with van der Waals surface area (Å²) < 4.78 is 51.2. The molecule has 0 bridgehead atoms. The molecule has 0 atom stereocenters. The van der Waals surface area contributed by atoms with Crippen LogP contribution in [-0.4, -0.2) is 28.5 Å². The number of hydrogen-bond acceptors (Lipinski definition) is 6. The number of rotatable bonds is 6. The Hall–Kier alpha value is -3.69. The van der Waals surface area contributed by atoms with Crippen LogP contribution in [0.4, 0.5) is 24.5 Å². The van der Waals surface area contributed by atoms with Crippen LogP contribution in [0.1, 0.15) is 16.8 Å². The number of halogens is 3. The van der Waals surface area contributed by atoms with E-state index in [1.54, 1.807) is 18.0 Å². The third-order valence-corrected chi connectivity index (χ3v) is 5.06. The number of ether oxygens (including phenoxy) is 2. The smallest absolute Gasteiger partial charge is 0.433 e. The Morgan fingerprint density at radius 3 is 2.47 bits per heavy atom. The summed E-state index contributed by atoms with van der Waals surface area (Å²) in [4.78, 5) is 7.60. The van der Waals surface area contributed by atoms with Gasteiger partial charge in [0.15, 0.2) is 11.5 Å². The van der Waals surface area contributed by atoms with Gasteiger partial charge in [-0.2, -0.15) is 18.3 Å². The van der Waals surface area contributed by atoms with Crippen LogP contribution in [0.15, 0.2) is 55.3 Å². The Labute approximate surface area is 183 Å². The lowest BCUT2D eigenvalue weighted by Crippen LogP contribution is -2.25. The number of anilines is 2. The second-order valence-corrected chi connectivity index (χ2v) is 7.38. The standard InChI is InChI=1S/C22H22F3N5O2/c1-15-8-19(31-3)20(32-13-16-4-5-21(26-10-16)22(23,24)25)9-18(15)30-7-6-29(14-30)17-11-27-28(2)12-17/h4-12H,13-14H2,1-3H3.